The van der Waals surface area contributed by atoms with Crippen molar-refractivity contribution in [3.8, 4) is 6.07 Å². The molecule has 8 rings (SSSR count). The van der Waals surface area contributed by atoms with Crippen molar-refractivity contribution in [3.63, 3.8) is 0 Å². The molecule has 57 heavy (non-hydrogen) atoms. The third kappa shape index (κ3) is 8.25. The summed E-state index contributed by atoms with van der Waals surface area (Å²) in [7, 11) is 0. The number of carbonyl (C=O) groups excluding carboxylic acids is 3. The van der Waals surface area contributed by atoms with Crippen LogP contribution in [0.25, 0.3) is 10.9 Å². The van der Waals surface area contributed by atoms with Crippen molar-refractivity contribution in [2.24, 2.45) is 5.92 Å². The molecule has 4 aliphatic heterocycles. The highest BCUT2D eigenvalue weighted by atomic mass is 35.5. The van der Waals surface area contributed by atoms with Crippen LogP contribution in [0.5, 0.6) is 0 Å². The van der Waals surface area contributed by atoms with Crippen molar-refractivity contribution in [3.05, 3.63) is 77.6 Å². The Morgan fingerprint density at radius 2 is 1.77 bits per heavy atom. The van der Waals surface area contributed by atoms with Crippen molar-refractivity contribution < 1.29 is 14.4 Å². The predicted octanol–water partition coefficient (Wildman–Crippen LogP) is 7.08. The van der Waals surface area contributed by atoms with Crippen LogP contribution in [0.15, 0.2) is 67.0 Å². The van der Waals surface area contributed by atoms with Gasteiger partial charge in [-0.2, -0.15) is 5.26 Å². The van der Waals surface area contributed by atoms with E-state index in [2.05, 4.69) is 61.2 Å². The van der Waals surface area contributed by atoms with Gasteiger partial charge in [0.2, 0.25) is 5.91 Å². The molecule has 2 atom stereocenters. The second kappa shape index (κ2) is 16.6. The number of carbonyl (C=O) groups is 3. The molecule has 0 aliphatic carbocycles. The number of pyridine rings is 1. The summed E-state index contributed by atoms with van der Waals surface area (Å²) in [6.07, 6.45) is 9.93. The molecule has 0 spiro atoms. The number of benzene rings is 2. The molecule has 2 N–H and O–H groups in total. The van der Waals surface area contributed by atoms with Gasteiger partial charge in [-0.25, -0.2) is 14.6 Å². The number of hydrogen-bond acceptors (Lipinski definition) is 8. The van der Waals surface area contributed by atoms with E-state index < -0.39 is 0 Å². The summed E-state index contributed by atoms with van der Waals surface area (Å²) >= 11 is 6.31. The number of nitrogens with zero attached hydrogens (tertiary/aromatic N) is 8. The maximum absolute atomic E-state index is 13.4. The first-order chi connectivity index (χ1) is 27.6. The summed E-state index contributed by atoms with van der Waals surface area (Å²) in [6.45, 7) is 11.0. The van der Waals surface area contributed by atoms with Gasteiger partial charge in [0.1, 0.15) is 11.9 Å². The molecule has 0 unspecified atom stereocenters. The number of likely N-dealkylation sites (tertiary alicyclic amines) is 1. The van der Waals surface area contributed by atoms with E-state index >= 15 is 0 Å². The van der Waals surface area contributed by atoms with Gasteiger partial charge in [0.05, 0.1) is 33.7 Å². The van der Waals surface area contributed by atoms with E-state index in [1.54, 1.807) is 17.2 Å². The Balaban J connectivity index is 0.767. The van der Waals surface area contributed by atoms with Gasteiger partial charge in [-0.3, -0.25) is 15.0 Å². The van der Waals surface area contributed by atoms with Gasteiger partial charge in [0.25, 0.3) is 0 Å². The lowest BCUT2D eigenvalue weighted by molar-refractivity contribution is -0.120. The average Bonchev–Trinajstić information content (AvgIpc) is 3.66. The average molecular weight is 791 g/mol. The third-order valence-corrected chi connectivity index (χ3v) is 12.8. The van der Waals surface area contributed by atoms with Crippen LogP contribution in [0.3, 0.4) is 0 Å². The first-order valence-electron chi connectivity index (χ1n) is 20.3. The molecule has 2 aromatic heterocycles. The number of rotatable bonds is 8. The lowest BCUT2D eigenvalue weighted by Gasteiger charge is -2.45. The molecule has 4 fully saturated rings. The molecule has 14 heteroatoms. The van der Waals surface area contributed by atoms with Crippen molar-refractivity contribution >= 4 is 63.4 Å². The number of piperazine rings is 1. The van der Waals surface area contributed by atoms with Gasteiger partial charge < -0.3 is 29.5 Å². The molecule has 5 amide bonds. The summed E-state index contributed by atoms with van der Waals surface area (Å²) in [5.41, 5.74) is 4.08. The standard InChI is InChI=1S/C43H51ClN10O3/c1-29-28-54(30(2)27-53(29)35-8-6-32(25-45)37(44)24-35)42(56)47-33-7-9-40(46-26-33)50-20-11-31(12-21-50)10-17-49-18-13-34(14-19-49)51-22-15-36-38(51)4-3-5-39(36)52-23-16-41(55)48-43(52)57/h3-9,15,22,24,26,29-31,34H,10-14,16-21,23,27-28H2,1-2H3,(H,47,56)(H,48,55,57)/t29-,30+/m1/s1. The van der Waals surface area contributed by atoms with Gasteiger partial charge >= 0.3 is 12.1 Å². The van der Waals surface area contributed by atoms with Gasteiger partial charge in [-0.15, -0.1) is 0 Å². The Kier molecular flexibility index (Phi) is 11.3. The van der Waals surface area contributed by atoms with Crippen molar-refractivity contribution in [2.45, 2.75) is 70.5 Å². The van der Waals surface area contributed by atoms with Gasteiger partial charge in [0.15, 0.2) is 0 Å². The smallest absolute Gasteiger partial charge is 0.328 e. The topological polar surface area (TPSA) is 133 Å². The van der Waals surface area contributed by atoms with Crippen LogP contribution >= 0.6 is 11.6 Å². The van der Waals surface area contributed by atoms with Crippen LogP contribution in [-0.4, -0.2) is 102 Å². The van der Waals surface area contributed by atoms with Gasteiger partial charge in [-0.05, 0) is 107 Å². The Labute approximate surface area is 339 Å². The molecular weight excluding hydrogens is 740 g/mol. The van der Waals surface area contributed by atoms with E-state index in [-0.39, 0.29) is 30.1 Å². The van der Waals surface area contributed by atoms with Gasteiger partial charge in [-0.1, -0.05) is 17.7 Å². The molecule has 13 nitrogen and oxygen atoms in total. The van der Waals surface area contributed by atoms with Crippen LogP contribution in [-0.2, 0) is 4.79 Å². The Morgan fingerprint density at radius 1 is 0.965 bits per heavy atom. The molecule has 0 bridgehead atoms. The molecule has 6 heterocycles. The highest BCUT2D eigenvalue weighted by Crippen LogP contribution is 2.34. The zero-order valence-electron chi connectivity index (χ0n) is 32.7. The number of halogens is 1. The lowest BCUT2D eigenvalue weighted by Crippen LogP contribution is -2.59. The number of imide groups is 1. The van der Waals surface area contributed by atoms with Crippen molar-refractivity contribution in [1.82, 2.24) is 24.7 Å². The number of nitriles is 1. The number of anilines is 4. The second-order valence-corrected chi connectivity index (χ2v) is 16.5. The molecule has 298 valence electrons. The minimum atomic E-state index is -0.347. The van der Waals surface area contributed by atoms with E-state index in [9.17, 15) is 19.6 Å². The molecule has 2 aromatic carbocycles. The summed E-state index contributed by atoms with van der Waals surface area (Å²) in [6, 6.07) is 19.8. The van der Waals surface area contributed by atoms with Crippen LogP contribution < -0.4 is 25.3 Å². The molecule has 4 saturated heterocycles. The number of hydrogen-bond donors (Lipinski definition) is 2. The van der Waals surface area contributed by atoms with E-state index in [1.165, 1.54) is 6.42 Å². The number of aromatic nitrogens is 2. The Bertz CT molecular complexity index is 2150. The summed E-state index contributed by atoms with van der Waals surface area (Å²) < 4.78 is 2.38. The fraction of sp³-hybridized carbons (Fsp3) is 0.465. The Hall–Kier alpha value is -5.32. The fourth-order valence-corrected chi connectivity index (χ4v) is 9.36. The largest absolute Gasteiger partial charge is 0.365 e. The number of fused-ring (bicyclic) bond motifs is 1. The molecule has 4 aromatic rings. The van der Waals surface area contributed by atoms with E-state index in [1.807, 2.05) is 48.2 Å². The number of nitrogens with one attached hydrogen (secondary N) is 2. The Morgan fingerprint density at radius 3 is 2.49 bits per heavy atom. The zero-order valence-corrected chi connectivity index (χ0v) is 33.5. The number of piperidine rings is 2. The maximum Gasteiger partial charge on any atom is 0.328 e. The molecule has 4 aliphatic rings. The van der Waals surface area contributed by atoms with Crippen LogP contribution in [0.1, 0.15) is 64.0 Å². The van der Waals surface area contributed by atoms with Crippen LogP contribution in [0, 0.1) is 17.2 Å². The summed E-state index contributed by atoms with van der Waals surface area (Å²) in [4.78, 5) is 53.1. The first-order valence-corrected chi connectivity index (χ1v) is 20.7. The van der Waals surface area contributed by atoms with Crippen LogP contribution in [0.4, 0.5) is 32.5 Å². The quantitative estimate of drug-likeness (QED) is 0.194. The van der Waals surface area contributed by atoms with Crippen molar-refractivity contribution in [2.75, 3.05) is 72.4 Å². The van der Waals surface area contributed by atoms with Crippen molar-refractivity contribution in [1.29, 1.82) is 5.26 Å². The highest BCUT2D eigenvalue weighted by Gasteiger charge is 2.33. The summed E-state index contributed by atoms with van der Waals surface area (Å²) in [5.74, 6) is 1.43. The fourth-order valence-electron chi connectivity index (χ4n) is 9.14. The normalized spacial score (nSPS) is 21.5. The molecule has 0 radical (unpaired) electrons. The predicted molar refractivity (Wildman–Crippen MR) is 224 cm³/mol. The van der Waals surface area contributed by atoms with Crippen LogP contribution in [0.2, 0.25) is 5.02 Å². The van der Waals surface area contributed by atoms with E-state index in [4.69, 9.17) is 16.6 Å². The lowest BCUT2D eigenvalue weighted by atomic mass is 9.93. The molecular formula is C43H51ClN10O3. The van der Waals surface area contributed by atoms with E-state index in [0.717, 1.165) is 86.5 Å². The minimum Gasteiger partial charge on any atom is -0.365 e. The summed E-state index contributed by atoms with van der Waals surface area (Å²) in [5, 5.41) is 16.2. The van der Waals surface area contributed by atoms with E-state index in [0.29, 0.717) is 54.3 Å². The monoisotopic (exact) mass is 790 g/mol. The number of amides is 5. The first kappa shape index (κ1) is 38.5. The number of urea groups is 2. The second-order valence-electron chi connectivity index (χ2n) is 16.1. The van der Waals surface area contributed by atoms with Gasteiger partial charge in [0, 0.05) is 87.6 Å². The molecule has 0 saturated carbocycles. The SMILES string of the molecule is C[C@@H]1CN(C(=O)Nc2ccc(N3CCC(CCN4CCC(n5ccc6c(N7CCC(=O)NC7=O)cccc65)CC4)CC3)nc2)[C@@H](C)CN1c1ccc(C#N)c(Cl)c1. The zero-order chi connectivity index (χ0) is 39.6. The highest BCUT2D eigenvalue weighted by molar-refractivity contribution is 6.32. The maximum atomic E-state index is 13.4. The minimum absolute atomic E-state index is 0.0241. The third-order valence-electron chi connectivity index (χ3n) is 12.5.